The first-order chi connectivity index (χ1) is 17.3. The Morgan fingerprint density at radius 3 is 2.36 bits per heavy atom. The zero-order chi connectivity index (χ0) is 25.7. The Balaban J connectivity index is 1.52. The van der Waals surface area contributed by atoms with Crippen molar-refractivity contribution in [2.75, 3.05) is 33.1 Å². The standard InChI is InChI=1S/C24H28ClN5O5S/c1-34-22-9-5-18(6-10-22)13-28-11-12-36(32,33)30(23(17-28)24(31)35-2)16-21-15-29(27-26-21)14-19-3-7-20(25)8-4-19/h3-10,15,23H,11-14,16-17H2,1-2H3. The van der Waals surface area contributed by atoms with Gasteiger partial charge in [-0.3, -0.25) is 9.69 Å². The van der Waals surface area contributed by atoms with E-state index in [1.807, 2.05) is 41.3 Å². The lowest BCUT2D eigenvalue weighted by Gasteiger charge is -2.28. The number of rotatable bonds is 8. The molecule has 12 heteroatoms. The van der Waals surface area contributed by atoms with E-state index in [4.69, 9.17) is 21.1 Å². The van der Waals surface area contributed by atoms with Gasteiger partial charge >= 0.3 is 5.97 Å². The van der Waals surface area contributed by atoms with Crippen LogP contribution in [0, 0.1) is 0 Å². The van der Waals surface area contributed by atoms with Crippen LogP contribution in [-0.2, 0) is 39.2 Å². The molecule has 1 saturated heterocycles. The van der Waals surface area contributed by atoms with Crippen LogP contribution in [0.2, 0.25) is 5.02 Å². The number of benzene rings is 2. The summed E-state index contributed by atoms with van der Waals surface area (Å²) in [6, 6.07) is 13.9. The van der Waals surface area contributed by atoms with Crippen LogP contribution >= 0.6 is 11.6 Å². The zero-order valence-corrected chi connectivity index (χ0v) is 21.7. The average Bonchev–Trinajstić information content (AvgIpc) is 3.27. The fourth-order valence-electron chi connectivity index (χ4n) is 4.08. The number of hydrogen-bond donors (Lipinski definition) is 0. The first kappa shape index (κ1) is 26.1. The van der Waals surface area contributed by atoms with E-state index >= 15 is 0 Å². The van der Waals surface area contributed by atoms with Gasteiger partial charge in [0.25, 0.3) is 0 Å². The van der Waals surface area contributed by atoms with E-state index in [1.165, 1.54) is 11.4 Å². The molecule has 1 aliphatic heterocycles. The van der Waals surface area contributed by atoms with Crippen molar-refractivity contribution >= 4 is 27.6 Å². The lowest BCUT2D eigenvalue weighted by Crippen LogP contribution is -2.48. The van der Waals surface area contributed by atoms with E-state index in [0.29, 0.717) is 23.8 Å². The van der Waals surface area contributed by atoms with E-state index in [-0.39, 0.29) is 25.4 Å². The summed E-state index contributed by atoms with van der Waals surface area (Å²) in [5, 5.41) is 8.91. The maximum Gasteiger partial charge on any atom is 0.325 e. The van der Waals surface area contributed by atoms with Crippen LogP contribution in [0.1, 0.15) is 16.8 Å². The number of ether oxygens (including phenoxy) is 2. The van der Waals surface area contributed by atoms with E-state index in [0.717, 1.165) is 16.9 Å². The Kier molecular flexibility index (Phi) is 8.24. The van der Waals surface area contributed by atoms with E-state index in [9.17, 15) is 13.2 Å². The molecule has 1 fully saturated rings. The maximum absolute atomic E-state index is 13.3. The second kappa shape index (κ2) is 11.4. The molecule has 1 atom stereocenters. The third-order valence-corrected chi connectivity index (χ3v) is 8.05. The third kappa shape index (κ3) is 6.41. The van der Waals surface area contributed by atoms with E-state index < -0.39 is 22.0 Å². The molecule has 2 aromatic carbocycles. The van der Waals surface area contributed by atoms with Gasteiger partial charge in [-0.05, 0) is 35.4 Å². The van der Waals surface area contributed by atoms with Crippen LogP contribution < -0.4 is 4.74 Å². The highest BCUT2D eigenvalue weighted by Gasteiger charge is 2.40. The van der Waals surface area contributed by atoms with Crippen LogP contribution in [0.25, 0.3) is 0 Å². The Hall–Kier alpha value is -2.99. The molecule has 1 aliphatic rings. The topological polar surface area (TPSA) is 107 Å². The molecule has 3 aromatic rings. The van der Waals surface area contributed by atoms with Gasteiger partial charge in [0.15, 0.2) is 0 Å². The molecule has 4 rings (SSSR count). The summed E-state index contributed by atoms with van der Waals surface area (Å²) in [5.74, 6) is -0.0103. The fourth-order valence-corrected chi connectivity index (χ4v) is 5.80. The second-order valence-electron chi connectivity index (χ2n) is 8.52. The fraction of sp³-hybridized carbons (Fsp3) is 0.375. The van der Waals surface area contributed by atoms with Crippen LogP contribution in [0.5, 0.6) is 5.75 Å². The normalized spacial score (nSPS) is 18.5. The van der Waals surface area contributed by atoms with Crippen LogP contribution in [0.15, 0.2) is 54.7 Å². The maximum atomic E-state index is 13.3. The summed E-state index contributed by atoms with van der Waals surface area (Å²) in [4.78, 5) is 14.7. The molecular weight excluding hydrogens is 506 g/mol. The number of aromatic nitrogens is 3. The summed E-state index contributed by atoms with van der Waals surface area (Å²) >= 11 is 5.94. The molecule has 0 aliphatic carbocycles. The highest BCUT2D eigenvalue weighted by Crippen LogP contribution is 2.21. The van der Waals surface area contributed by atoms with Crippen molar-refractivity contribution in [3.63, 3.8) is 0 Å². The van der Waals surface area contributed by atoms with Crippen LogP contribution in [0.4, 0.5) is 0 Å². The van der Waals surface area contributed by atoms with E-state index in [2.05, 4.69) is 10.3 Å². The summed E-state index contributed by atoms with van der Waals surface area (Å²) < 4.78 is 39.5. The van der Waals surface area contributed by atoms with Crippen LogP contribution in [0.3, 0.4) is 0 Å². The minimum absolute atomic E-state index is 0.0842. The van der Waals surface area contributed by atoms with Crippen molar-refractivity contribution in [1.29, 1.82) is 0 Å². The molecule has 10 nitrogen and oxygen atoms in total. The quantitative estimate of drug-likeness (QED) is 0.406. The van der Waals surface area contributed by atoms with Crippen molar-refractivity contribution in [3.05, 3.63) is 76.6 Å². The number of methoxy groups -OCH3 is 2. The van der Waals surface area contributed by atoms with Gasteiger partial charge in [-0.2, -0.15) is 4.31 Å². The lowest BCUT2D eigenvalue weighted by atomic mass is 10.2. The number of sulfonamides is 1. The predicted molar refractivity (Wildman–Crippen MR) is 134 cm³/mol. The average molecular weight is 534 g/mol. The summed E-state index contributed by atoms with van der Waals surface area (Å²) in [6.45, 7) is 1.32. The van der Waals surface area contributed by atoms with Crippen molar-refractivity contribution in [3.8, 4) is 5.75 Å². The third-order valence-electron chi connectivity index (χ3n) is 6.00. The summed E-state index contributed by atoms with van der Waals surface area (Å²) in [6.07, 6.45) is 1.68. The number of esters is 1. The van der Waals surface area contributed by atoms with Gasteiger partial charge in [0, 0.05) is 24.7 Å². The van der Waals surface area contributed by atoms with Gasteiger partial charge in [-0.1, -0.05) is 41.1 Å². The molecule has 1 aromatic heterocycles. The number of hydrogen-bond acceptors (Lipinski definition) is 8. The van der Waals surface area contributed by atoms with Gasteiger partial charge in [0.1, 0.15) is 11.8 Å². The number of halogens is 1. The van der Waals surface area contributed by atoms with Crippen LogP contribution in [-0.4, -0.2) is 77.7 Å². The zero-order valence-electron chi connectivity index (χ0n) is 20.1. The molecule has 0 bridgehead atoms. The molecule has 0 N–H and O–H groups in total. The molecule has 0 amide bonds. The number of carbonyl (C=O) groups is 1. The number of carbonyl (C=O) groups excluding carboxylic acids is 1. The molecule has 36 heavy (non-hydrogen) atoms. The van der Waals surface area contributed by atoms with Crippen molar-refractivity contribution < 1.29 is 22.7 Å². The molecule has 2 heterocycles. The molecule has 192 valence electrons. The lowest BCUT2D eigenvalue weighted by molar-refractivity contribution is -0.145. The minimum atomic E-state index is -3.77. The molecule has 0 radical (unpaired) electrons. The SMILES string of the molecule is COC(=O)C1CN(Cc2ccc(OC)cc2)CCS(=O)(=O)N1Cc1cn(Cc2ccc(Cl)cc2)nn1. The molecular formula is C24H28ClN5O5S. The second-order valence-corrected chi connectivity index (χ2v) is 11.0. The summed E-state index contributed by atoms with van der Waals surface area (Å²) in [7, 11) is -0.918. The monoisotopic (exact) mass is 533 g/mol. The molecule has 1 unspecified atom stereocenters. The minimum Gasteiger partial charge on any atom is -0.497 e. The smallest absolute Gasteiger partial charge is 0.325 e. The largest absolute Gasteiger partial charge is 0.497 e. The molecule has 0 saturated carbocycles. The highest BCUT2D eigenvalue weighted by atomic mass is 35.5. The van der Waals surface area contributed by atoms with E-state index in [1.54, 1.807) is 30.1 Å². The number of nitrogens with zero attached hydrogens (tertiary/aromatic N) is 5. The Bertz CT molecular complexity index is 1280. The first-order valence-corrected chi connectivity index (χ1v) is 13.3. The van der Waals surface area contributed by atoms with Gasteiger partial charge in [0.2, 0.25) is 10.0 Å². The predicted octanol–water partition coefficient (Wildman–Crippen LogP) is 2.18. The van der Waals surface area contributed by atoms with Gasteiger partial charge in [-0.25, -0.2) is 13.1 Å². The highest BCUT2D eigenvalue weighted by molar-refractivity contribution is 7.89. The van der Waals surface area contributed by atoms with Crippen molar-refractivity contribution in [2.45, 2.75) is 25.7 Å². The Labute approximate surface area is 215 Å². The van der Waals surface area contributed by atoms with Crippen molar-refractivity contribution in [2.24, 2.45) is 0 Å². The Morgan fingerprint density at radius 1 is 1.03 bits per heavy atom. The van der Waals surface area contributed by atoms with Gasteiger partial charge < -0.3 is 9.47 Å². The first-order valence-electron chi connectivity index (χ1n) is 11.3. The van der Waals surface area contributed by atoms with Gasteiger partial charge in [0.05, 0.1) is 45.0 Å². The van der Waals surface area contributed by atoms with Crippen molar-refractivity contribution in [1.82, 2.24) is 24.2 Å². The van der Waals surface area contributed by atoms with Gasteiger partial charge in [-0.15, -0.1) is 5.10 Å². The Morgan fingerprint density at radius 2 is 1.69 bits per heavy atom. The summed E-state index contributed by atoms with van der Waals surface area (Å²) in [5.41, 5.74) is 2.39. The molecule has 0 spiro atoms.